The molecule has 1 unspecified atom stereocenters. The summed E-state index contributed by atoms with van der Waals surface area (Å²) in [4.78, 5) is 22.4. The molecule has 0 saturated heterocycles. The minimum absolute atomic E-state index is 0.377. The highest BCUT2D eigenvalue weighted by molar-refractivity contribution is 5.86. The number of carbonyl (C=O) groups excluding carboxylic acids is 1. The second-order valence-electron chi connectivity index (χ2n) is 3.98. The van der Waals surface area contributed by atoms with Gasteiger partial charge in [0.2, 0.25) is 0 Å². The molecule has 1 amide bonds. The third-order valence-corrected chi connectivity index (χ3v) is 2.46. The maximum Gasteiger partial charge on any atom is 0.328 e. The quantitative estimate of drug-likeness (QED) is 0.667. The van der Waals surface area contributed by atoms with Crippen LogP contribution in [0.25, 0.3) is 0 Å². The van der Waals surface area contributed by atoms with Crippen LogP contribution >= 0.6 is 0 Å². The molecule has 0 heterocycles. The van der Waals surface area contributed by atoms with Gasteiger partial charge in [0.1, 0.15) is 11.8 Å². The van der Waals surface area contributed by atoms with Crippen LogP contribution in [-0.2, 0) is 9.59 Å². The van der Waals surface area contributed by atoms with Crippen molar-refractivity contribution in [2.45, 2.75) is 19.1 Å². The van der Waals surface area contributed by atoms with Crippen molar-refractivity contribution in [2.24, 2.45) is 0 Å². The van der Waals surface area contributed by atoms with E-state index in [1.807, 2.05) is 6.07 Å². The SMILES string of the molecule is CC(Oc1ccc(C#N)cc1)C(=O)N[C@@H](CO)C(=O)O. The minimum atomic E-state index is -1.37. The molecule has 0 aliphatic heterocycles. The summed E-state index contributed by atoms with van der Waals surface area (Å²) in [6.45, 7) is 0.745. The number of nitrogens with one attached hydrogen (secondary N) is 1. The van der Waals surface area contributed by atoms with E-state index in [-0.39, 0.29) is 0 Å². The molecular formula is C13H14N2O5. The number of hydrogen-bond donors (Lipinski definition) is 3. The Bertz CT molecular complexity index is 521. The maximum absolute atomic E-state index is 11.7. The van der Waals surface area contributed by atoms with Crippen LogP contribution in [0.5, 0.6) is 5.75 Å². The zero-order valence-electron chi connectivity index (χ0n) is 10.7. The highest BCUT2D eigenvalue weighted by atomic mass is 16.5. The van der Waals surface area contributed by atoms with Gasteiger partial charge in [-0.05, 0) is 31.2 Å². The van der Waals surface area contributed by atoms with Gasteiger partial charge in [-0.15, -0.1) is 0 Å². The van der Waals surface area contributed by atoms with E-state index in [1.165, 1.54) is 31.2 Å². The number of amides is 1. The van der Waals surface area contributed by atoms with Gasteiger partial charge < -0.3 is 20.3 Å². The molecule has 0 aliphatic rings. The molecule has 1 rings (SSSR count). The summed E-state index contributed by atoms with van der Waals surface area (Å²) in [6, 6.07) is 6.71. The number of aliphatic hydroxyl groups excluding tert-OH is 1. The largest absolute Gasteiger partial charge is 0.481 e. The van der Waals surface area contributed by atoms with Gasteiger partial charge >= 0.3 is 5.97 Å². The van der Waals surface area contributed by atoms with Crippen LogP contribution < -0.4 is 10.1 Å². The van der Waals surface area contributed by atoms with Crippen molar-refractivity contribution in [3.63, 3.8) is 0 Å². The fourth-order valence-corrected chi connectivity index (χ4v) is 1.34. The summed E-state index contributed by atoms with van der Waals surface area (Å²) in [5.41, 5.74) is 0.459. The number of benzene rings is 1. The monoisotopic (exact) mass is 278 g/mol. The van der Waals surface area contributed by atoms with Gasteiger partial charge in [-0.25, -0.2) is 4.79 Å². The van der Waals surface area contributed by atoms with E-state index in [0.717, 1.165) is 0 Å². The van der Waals surface area contributed by atoms with Crippen molar-refractivity contribution in [1.29, 1.82) is 5.26 Å². The standard InChI is InChI=1S/C13H14N2O5/c1-8(12(17)15-11(7-16)13(18)19)20-10-4-2-9(6-14)3-5-10/h2-5,8,11,16H,7H2,1H3,(H,15,17)(H,18,19)/t8?,11-/m0/s1. The second-order valence-corrected chi connectivity index (χ2v) is 3.98. The van der Waals surface area contributed by atoms with Gasteiger partial charge in [-0.3, -0.25) is 4.79 Å². The van der Waals surface area contributed by atoms with Gasteiger partial charge in [0.15, 0.2) is 6.10 Å². The molecule has 0 radical (unpaired) electrons. The number of hydrogen-bond acceptors (Lipinski definition) is 5. The fraction of sp³-hybridized carbons (Fsp3) is 0.308. The average Bonchev–Trinajstić information content (AvgIpc) is 2.44. The predicted molar refractivity (Wildman–Crippen MR) is 67.9 cm³/mol. The number of carbonyl (C=O) groups is 2. The van der Waals surface area contributed by atoms with Gasteiger partial charge in [0, 0.05) is 0 Å². The Morgan fingerprint density at radius 2 is 2.00 bits per heavy atom. The van der Waals surface area contributed by atoms with E-state index in [2.05, 4.69) is 5.32 Å². The third-order valence-electron chi connectivity index (χ3n) is 2.46. The Morgan fingerprint density at radius 3 is 2.45 bits per heavy atom. The molecule has 1 aromatic carbocycles. The molecule has 20 heavy (non-hydrogen) atoms. The number of aliphatic carboxylic acids is 1. The van der Waals surface area contributed by atoms with Crippen LogP contribution in [0, 0.1) is 11.3 Å². The van der Waals surface area contributed by atoms with E-state index < -0.39 is 30.6 Å². The molecule has 0 saturated carbocycles. The number of carboxylic acid groups (broad SMARTS) is 1. The van der Waals surface area contributed by atoms with Gasteiger partial charge in [-0.2, -0.15) is 5.26 Å². The number of rotatable bonds is 6. The summed E-state index contributed by atoms with van der Waals surface area (Å²) in [5, 5.41) is 28.3. The molecule has 0 fully saturated rings. The number of ether oxygens (including phenoxy) is 1. The Hall–Kier alpha value is -2.59. The highest BCUT2D eigenvalue weighted by Crippen LogP contribution is 2.13. The Kier molecular flexibility index (Phi) is 5.50. The Balaban J connectivity index is 2.61. The van der Waals surface area contributed by atoms with Crippen LogP contribution in [0.1, 0.15) is 12.5 Å². The number of nitriles is 1. The van der Waals surface area contributed by atoms with Crippen LogP contribution in [0.4, 0.5) is 0 Å². The lowest BCUT2D eigenvalue weighted by molar-refractivity contribution is -0.144. The van der Waals surface area contributed by atoms with Crippen LogP contribution in [0.15, 0.2) is 24.3 Å². The molecule has 3 N–H and O–H groups in total. The third kappa shape index (κ3) is 4.26. The molecule has 0 bridgehead atoms. The predicted octanol–water partition coefficient (Wildman–Crippen LogP) is -0.113. The lowest BCUT2D eigenvalue weighted by atomic mass is 10.2. The van der Waals surface area contributed by atoms with Gasteiger partial charge in [0.25, 0.3) is 5.91 Å². The first kappa shape index (κ1) is 15.5. The van der Waals surface area contributed by atoms with Crippen molar-refractivity contribution in [1.82, 2.24) is 5.32 Å². The minimum Gasteiger partial charge on any atom is -0.481 e. The molecule has 7 heteroatoms. The molecule has 106 valence electrons. The molecule has 2 atom stereocenters. The summed E-state index contributed by atoms with van der Waals surface area (Å²) in [7, 11) is 0. The molecule has 0 spiro atoms. The molecule has 7 nitrogen and oxygen atoms in total. The summed E-state index contributed by atoms with van der Waals surface area (Å²) >= 11 is 0. The summed E-state index contributed by atoms with van der Waals surface area (Å²) < 4.78 is 5.30. The van der Waals surface area contributed by atoms with Gasteiger partial charge in [0.05, 0.1) is 18.2 Å². The van der Waals surface area contributed by atoms with Crippen molar-refractivity contribution in [3.05, 3.63) is 29.8 Å². The Labute approximate surface area is 115 Å². The topological polar surface area (TPSA) is 120 Å². The van der Waals surface area contributed by atoms with Crippen LogP contribution in [0.3, 0.4) is 0 Å². The van der Waals surface area contributed by atoms with Crippen LogP contribution in [-0.4, -0.2) is 40.8 Å². The first-order chi connectivity index (χ1) is 9.47. The fourth-order valence-electron chi connectivity index (χ4n) is 1.34. The highest BCUT2D eigenvalue weighted by Gasteiger charge is 2.23. The van der Waals surface area contributed by atoms with Crippen molar-refractivity contribution in [3.8, 4) is 11.8 Å². The zero-order valence-corrected chi connectivity index (χ0v) is 10.7. The van der Waals surface area contributed by atoms with Gasteiger partial charge in [-0.1, -0.05) is 0 Å². The number of carboxylic acids is 1. The Morgan fingerprint density at radius 1 is 1.40 bits per heavy atom. The van der Waals surface area contributed by atoms with Crippen molar-refractivity contribution >= 4 is 11.9 Å². The number of nitrogens with zero attached hydrogens (tertiary/aromatic N) is 1. The lowest BCUT2D eigenvalue weighted by Crippen LogP contribution is -2.48. The molecule has 0 aliphatic carbocycles. The molecule has 0 aromatic heterocycles. The van der Waals surface area contributed by atoms with E-state index in [0.29, 0.717) is 11.3 Å². The average molecular weight is 278 g/mol. The van der Waals surface area contributed by atoms with Crippen molar-refractivity contribution in [2.75, 3.05) is 6.61 Å². The first-order valence-corrected chi connectivity index (χ1v) is 5.78. The maximum atomic E-state index is 11.7. The lowest BCUT2D eigenvalue weighted by Gasteiger charge is -2.17. The van der Waals surface area contributed by atoms with Crippen LogP contribution in [0.2, 0.25) is 0 Å². The second kappa shape index (κ2) is 7.11. The zero-order chi connectivity index (χ0) is 15.1. The summed E-state index contributed by atoms with van der Waals surface area (Å²) in [6.07, 6.45) is -0.934. The smallest absolute Gasteiger partial charge is 0.328 e. The number of aliphatic hydroxyl groups is 1. The molecule has 1 aromatic rings. The van der Waals surface area contributed by atoms with E-state index >= 15 is 0 Å². The molecular weight excluding hydrogens is 264 g/mol. The first-order valence-electron chi connectivity index (χ1n) is 5.78. The van der Waals surface area contributed by atoms with E-state index in [1.54, 1.807) is 0 Å². The van der Waals surface area contributed by atoms with Crippen molar-refractivity contribution < 1.29 is 24.5 Å². The summed E-state index contributed by atoms with van der Waals surface area (Å²) in [5.74, 6) is -1.61. The van der Waals surface area contributed by atoms with E-state index in [4.69, 9.17) is 20.2 Å². The normalized spacial score (nSPS) is 12.8. The van der Waals surface area contributed by atoms with E-state index in [9.17, 15) is 9.59 Å².